The van der Waals surface area contributed by atoms with Crippen molar-refractivity contribution in [2.75, 3.05) is 18.4 Å². The number of hydrogen-bond donors (Lipinski definition) is 2. The van der Waals surface area contributed by atoms with Crippen LogP contribution >= 0.6 is 0 Å². The Morgan fingerprint density at radius 3 is 2.54 bits per heavy atom. The predicted molar refractivity (Wildman–Crippen MR) is 95.4 cm³/mol. The standard InChI is InChI=1S/C17H23N7O2/c1-12(15(25)22-17-18-6-3-7-19-17)24-8-4-14(5-9-24)21-16(26)13-10-20-23(2)11-13/h3,6-7,10-12,14H,4-5,8-9H2,1-2H3,(H,21,26)(H,18,19,22,25)/t12-/m0/s1. The first-order chi connectivity index (χ1) is 12.5. The summed E-state index contributed by atoms with van der Waals surface area (Å²) in [5, 5.41) is 9.77. The maximum absolute atomic E-state index is 12.3. The molecule has 0 bridgehead atoms. The van der Waals surface area contributed by atoms with Crippen LogP contribution in [0.15, 0.2) is 30.9 Å². The lowest BCUT2D eigenvalue weighted by Gasteiger charge is -2.35. The van der Waals surface area contributed by atoms with Gasteiger partial charge in [0, 0.05) is 44.8 Å². The highest BCUT2D eigenvalue weighted by molar-refractivity contribution is 5.94. The molecule has 3 rings (SSSR count). The molecule has 9 nitrogen and oxygen atoms in total. The van der Waals surface area contributed by atoms with Crippen LogP contribution in [0, 0.1) is 0 Å². The third-order valence-corrected chi connectivity index (χ3v) is 4.56. The van der Waals surface area contributed by atoms with Crippen molar-refractivity contribution in [1.29, 1.82) is 0 Å². The van der Waals surface area contributed by atoms with Gasteiger partial charge < -0.3 is 5.32 Å². The number of aromatic nitrogens is 4. The van der Waals surface area contributed by atoms with Gasteiger partial charge in [0.05, 0.1) is 17.8 Å². The molecular formula is C17H23N7O2. The summed E-state index contributed by atoms with van der Waals surface area (Å²) in [7, 11) is 1.78. The first-order valence-corrected chi connectivity index (χ1v) is 8.64. The topological polar surface area (TPSA) is 105 Å². The highest BCUT2D eigenvalue weighted by Crippen LogP contribution is 2.15. The molecular weight excluding hydrogens is 334 g/mol. The highest BCUT2D eigenvalue weighted by atomic mass is 16.2. The van der Waals surface area contributed by atoms with Gasteiger partial charge >= 0.3 is 0 Å². The fourth-order valence-electron chi connectivity index (χ4n) is 2.98. The van der Waals surface area contributed by atoms with E-state index in [4.69, 9.17) is 0 Å². The van der Waals surface area contributed by atoms with Gasteiger partial charge in [0.1, 0.15) is 0 Å². The normalized spacial score (nSPS) is 16.8. The van der Waals surface area contributed by atoms with Gasteiger partial charge in [0.25, 0.3) is 5.91 Å². The van der Waals surface area contributed by atoms with Gasteiger partial charge in [-0.25, -0.2) is 9.97 Å². The van der Waals surface area contributed by atoms with Gasteiger partial charge in [-0.05, 0) is 25.8 Å². The van der Waals surface area contributed by atoms with Crippen molar-refractivity contribution >= 4 is 17.8 Å². The Balaban J connectivity index is 1.47. The van der Waals surface area contributed by atoms with Crippen LogP contribution in [-0.2, 0) is 11.8 Å². The molecule has 1 aliphatic heterocycles. The molecule has 0 spiro atoms. The van der Waals surface area contributed by atoms with E-state index in [1.807, 2.05) is 6.92 Å². The number of anilines is 1. The average molecular weight is 357 g/mol. The third kappa shape index (κ3) is 4.42. The fourth-order valence-corrected chi connectivity index (χ4v) is 2.98. The lowest BCUT2D eigenvalue weighted by atomic mass is 10.0. The Morgan fingerprint density at radius 2 is 1.92 bits per heavy atom. The molecule has 0 radical (unpaired) electrons. The quantitative estimate of drug-likeness (QED) is 0.804. The molecule has 3 heterocycles. The summed E-state index contributed by atoms with van der Waals surface area (Å²) in [4.78, 5) is 34.7. The summed E-state index contributed by atoms with van der Waals surface area (Å²) in [6.45, 7) is 3.34. The van der Waals surface area contributed by atoms with Crippen molar-refractivity contribution in [2.45, 2.75) is 31.8 Å². The number of rotatable bonds is 5. The Labute approximate surface area is 151 Å². The Hall–Kier alpha value is -2.81. The second kappa shape index (κ2) is 8.05. The first kappa shape index (κ1) is 18.0. The molecule has 0 unspecified atom stereocenters. The summed E-state index contributed by atoms with van der Waals surface area (Å²) in [5.41, 5.74) is 0.561. The van der Waals surface area contributed by atoms with Crippen LogP contribution in [0.2, 0.25) is 0 Å². The molecule has 9 heteroatoms. The zero-order valence-corrected chi connectivity index (χ0v) is 14.9. The molecule has 2 N–H and O–H groups in total. The Bertz CT molecular complexity index is 753. The average Bonchev–Trinajstić information content (AvgIpc) is 3.09. The molecule has 1 fully saturated rings. The molecule has 1 aliphatic rings. The van der Waals surface area contributed by atoms with Gasteiger partial charge in [-0.2, -0.15) is 5.10 Å². The van der Waals surface area contributed by atoms with Gasteiger partial charge in [-0.15, -0.1) is 0 Å². The summed E-state index contributed by atoms with van der Waals surface area (Å²) in [5.74, 6) is 0.0700. The summed E-state index contributed by atoms with van der Waals surface area (Å²) < 4.78 is 1.61. The van der Waals surface area contributed by atoms with Gasteiger partial charge in [-0.1, -0.05) is 0 Å². The smallest absolute Gasteiger partial charge is 0.254 e. The van der Waals surface area contributed by atoms with E-state index in [9.17, 15) is 9.59 Å². The number of likely N-dealkylation sites (tertiary alicyclic amines) is 1. The van der Waals surface area contributed by atoms with E-state index in [-0.39, 0.29) is 23.9 Å². The monoisotopic (exact) mass is 357 g/mol. The predicted octanol–water partition coefficient (Wildman–Crippen LogP) is 0.432. The van der Waals surface area contributed by atoms with Crippen LogP contribution in [-0.4, -0.2) is 61.6 Å². The number of amides is 2. The lowest BCUT2D eigenvalue weighted by molar-refractivity contribution is -0.121. The van der Waals surface area contributed by atoms with Crippen LogP contribution in [0.5, 0.6) is 0 Å². The third-order valence-electron chi connectivity index (χ3n) is 4.56. The summed E-state index contributed by atoms with van der Waals surface area (Å²) >= 11 is 0. The minimum Gasteiger partial charge on any atom is -0.349 e. The van der Waals surface area contributed by atoms with E-state index < -0.39 is 0 Å². The van der Waals surface area contributed by atoms with Crippen molar-refractivity contribution in [2.24, 2.45) is 7.05 Å². The molecule has 1 atom stereocenters. The second-order valence-corrected chi connectivity index (χ2v) is 6.42. The van der Waals surface area contributed by atoms with Crippen LogP contribution < -0.4 is 10.6 Å². The van der Waals surface area contributed by atoms with Crippen molar-refractivity contribution in [1.82, 2.24) is 30.0 Å². The zero-order valence-electron chi connectivity index (χ0n) is 14.9. The molecule has 1 saturated heterocycles. The minimum absolute atomic E-state index is 0.103. The van der Waals surface area contributed by atoms with E-state index in [2.05, 4.69) is 30.6 Å². The van der Waals surface area contributed by atoms with Crippen molar-refractivity contribution in [3.63, 3.8) is 0 Å². The summed E-state index contributed by atoms with van der Waals surface area (Å²) in [6.07, 6.45) is 8.02. The Morgan fingerprint density at radius 1 is 1.23 bits per heavy atom. The van der Waals surface area contributed by atoms with E-state index in [1.165, 1.54) is 0 Å². The first-order valence-electron chi connectivity index (χ1n) is 8.64. The van der Waals surface area contributed by atoms with E-state index in [1.54, 1.807) is 42.6 Å². The van der Waals surface area contributed by atoms with Gasteiger partial charge in [0.2, 0.25) is 11.9 Å². The van der Waals surface area contributed by atoms with E-state index in [0.717, 1.165) is 25.9 Å². The molecule has 0 aliphatic carbocycles. The highest BCUT2D eigenvalue weighted by Gasteiger charge is 2.28. The van der Waals surface area contributed by atoms with Crippen LogP contribution in [0.25, 0.3) is 0 Å². The fraction of sp³-hybridized carbons (Fsp3) is 0.471. The lowest BCUT2D eigenvalue weighted by Crippen LogP contribution is -2.50. The maximum atomic E-state index is 12.3. The van der Waals surface area contributed by atoms with Crippen LogP contribution in [0.3, 0.4) is 0 Å². The second-order valence-electron chi connectivity index (χ2n) is 6.42. The summed E-state index contributed by atoms with van der Waals surface area (Å²) in [6, 6.07) is 1.52. The number of carbonyl (C=O) groups is 2. The molecule has 2 aromatic heterocycles. The minimum atomic E-state index is -0.284. The van der Waals surface area contributed by atoms with Crippen LogP contribution in [0.1, 0.15) is 30.1 Å². The van der Waals surface area contributed by atoms with E-state index in [0.29, 0.717) is 11.5 Å². The number of nitrogens with zero attached hydrogens (tertiary/aromatic N) is 5. The molecule has 2 aromatic rings. The van der Waals surface area contributed by atoms with E-state index >= 15 is 0 Å². The van der Waals surface area contributed by atoms with Crippen molar-refractivity contribution in [3.05, 3.63) is 36.4 Å². The van der Waals surface area contributed by atoms with Crippen molar-refractivity contribution in [3.8, 4) is 0 Å². The molecule has 138 valence electrons. The molecule has 2 amide bonds. The largest absolute Gasteiger partial charge is 0.349 e. The SMILES string of the molecule is C[C@@H](C(=O)Nc1ncccn1)N1CCC(NC(=O)c2cnn(C)c2)CC1. The Kier molecular flexibility index (Phi) is 5.57. The number of nitrogens with one attached hydrogen (secondary N) is 2. The number of piperidine rings is 1. The number of aryl methyl sites for hydroxylation is 1. The number of hydrogen-bond acceptors (Lipinski definition) is 6. The van der Waals surface area contributed by atoms with Gasteiger partial charge in [-0.3, -0.25) is 24.5 Å². The molecule has 26 heavy (non-hydrogen) atoms. The zero-order chi connectivity index (χ0) is 18.5. The maximum Gasteiger partial charge on any atom is 0.254 e. The van der Waals surface area contributed by atoms with Gasteiger partial charge in [0.15, 0.2) is 0 Å². The molecule has 0 aromatic carbocycles. The number of carbonyl (C=O) groups excluding carboxylic acids is 2. The molecule has 0 saturated carbocycles. The van der Waals surface area contributed by atoms with Crippen molar-refractivity contribution < 1.29 is 9.59 Å². The van der Waals surface area contributed by atoms with Crippen LogP contribution in [0.4, 0.5) is 5.95 Å².